The second-order valence-corrected chi connectivity index (χ2v) is 4.88. The van der Waals surface area contributed by atoms with Crippen molar-refractivity contribution in [1.82, 2.24) is 0 Å². The fourth-order valence-corrected chi connectivity index (χ4v) is 2.18. The van der Waals surface area contributed by atoms with Gasteiger partial charge in [0.25, 0.3) is 0 Å². The molecular formula is C16H15ClN2. The molecule has 0 saturated carbocycles. The van der Waals surface area contributed by atoms with Crippen LogP contribution in [0.4, 0.5) is 5.69 Å². The van der Waals surface area contributed by atoms with Crippen LogP contribution in [0.5, 0.6) is 0 Å². The summed E-state index contributed by atoms with van der Waals surface area (Å²) < 4.78 is 0. The smallest absolute Gasteiger partial charge is 0.0992 e. The molecule has 0 heterocycles. The second kappa shape index (κ2) is 6.26. The Bertz CT molecular complexity index is 614. The van der Waals surface area contributed by atoms with Crippen LogP contribution in [0.1, 0.15) is 16.7 Å². The minimum absolute atomic E-state index is 0.578. The van der Waals surface area contributed by atoms with E-state index in [9.17, 15) is 0 Å². The maximum absolute atomic E-state index is 8.77. The summed E-state index contributed by atoms with van der Waals surface area (Å²) in [6, 6.07) is 15.8. The molecule has 19 heavy (non-hydrogen) atoms. The lowest BCUT2D eigenvalue weighted by atomic mass is 10.1. The fraction of sp³-hybridized carbons (Fsp3) is 0.188. The molecule has 0 unspecified atom stereocenters. The molecule has 0 spiro atoms. The largest absolute Gasteiger partial charge is 0.384 e. The summed E-state index contributed by atoms with van der Waals surface area (Å²) in [5, 5.41) is 12.7. The molecule has 0 saturated heterocycles. The Morgan fingerprint density at radius 1 is 1.21 bits per heavy atom. The van der Waals surface area contributed by atoms with Crippen LogP contribution in [-0.2, 0) is 6.42 Å². The van der Waals surface area contributed by atoms with E-state index in [4.69, 9.17) is 16.9 Å². The van der Waals surface area contributed by atoms with E-state index in [-0.39, 0.29) is 0 Å². The predicted octanol–water partition coefficient (Wildman–Crippen LogP) is 4.17. The van der Waals surface area contributed by atoms with Crippen LogP contribution in [0.25, 0.3) is 0 Å². The molecule has 3 heteroatoms. The highest BCUT2D eigenvalue weighted by Gasteiger charge is 2.01. The summed E-state index contributed by atoms with van der Waals surface area (Å²) in [6.07, 6.45) is 0.942. The van der Waals surface area contributed by atoms with Gasteiger partial charge in [0.05, 0.1) is 22.3 Å². The topological polar surface area (TPSA) is 35.8 Å². The first-order valence-corrected chi connectivity index (χ1v) is 6.56. The second-order valence-electron chi connectivity index (χ2n) is 4.47. The van der Waals surface area contributed by atoms with Gasteiger partial charge in [0, 0.05) is 6.54 Å². The number of aryl methyl sites for hydroxylation is 1. The third-order valence-electron chi connectivity index (χ3n) is 2.91. The Hall–Kier alpha value is -1.98. The first-order valence-electron chi connectivity index (χ1n) is 6.18. The van der Waals surface area contributed by atoms with Crippen LogP contribution in [-0.4, -0.2) is 6.54 Å². The van der Waals surface area contributed by atoms with Crippen molar-refractivity contribution in [2.45, 2.75) is 13.3 Å². The van der Waals surface area contributed by atoms with Gasteiger partial charge < -0.3 is 5.32 Å². The molecule has 2 aromatic carbocycles. The number of nitrogens with zero attached hydrogens (tertiary/aromatic N) is 1. The minimum Gasteiger partial charge on any atom is -0.384 e. The lowest BCUT2D eigenvalue weighted by Crippen LogP contribution is -2.05. The third-order valence-corrected chi connectivity index (χ3v) is 3.22. The number of benzene rings is 2. The van der Waals surface area contributed by atoms with E-state index < -0.39 is 0 Å². The van der Waals surface area contributed by atoms with Crippen LogP contribution < -0.4 is 5.32 Å². The van der Waals surface area contributed by atoms with E-state index in [1.807, 2.05) is 6.07 Å². The highest BCUT2D eigenvalue weighted by Crippen LogP contribution is 2.22. The molecule has 1 N–H and O–H groups in total. The van der Waals surface area contributed by atoms with Crippen molar-refractivity contribution in [2.24, 2.45) is 0 Å². The minimum atomic E-state index is 0.578. The molecule has 2 rings (SSSR count). The molecule has 0 amide bonds. The molecule has 2 nitrogen and oxygen atoms in total. The highest BCUT2D eigenvalue weighted by molar-refractivity contribution is 6.33. The lowest BCUT2D eigenvalue weighted by Gasteiger charge is -2.09. The van der Waals surface area contributed by atoms with E-state index >= 15 is 0 Å². The van der Waals surface area contributed by atoms with Gasteiger partial charge in [-0.15, -0.1) is 0 Å². The summed E-state index contributed by atoms with van der Waals surface area (Å²) in [6.45, 7) is 2.91. The summed E-state index contributed by atoms with van der Waals surface area (Å²) in [4.78, 5) is 0. The molecule has 2 aromatic rings. The Kier molecular flexibility index (Phi) is 4.43. The van der Waals surface area contributed by atoms with E-state index in [1.165, 1.54) is 11.1 Å². The van der Waals surface area contributed by atoms with E-state index in [0.717, 1.165) is 18.7 Å². The Morgan fingerprint density at radius 2 is 2.05 bits per heavy atom. The number of anilines is 1. The van der Waals surface area contributed by atoms with Crippen LogP contribution in [0.15, 0.2) is 42.5 Å². The predicted molar refractivity (Wildman–Crippen MR) is 79.5 cm³/mol. The van der Waals surface area contributed by atoms with Gasteiger partial charge in [0.1, 0.15) is 0 Å². The van der Waals surface area contributed by atoms with Crippen LogP contribution in [0.3, 0.4) is 0 Å². The Balaban J connectivity index is 1.94. The molecular weight excluding hydrogens is 256 g/mol. The third kappa shape index (κ3) is 3.74. The van der Waals surface area contributed by atoms with Crippen LogP contribution in [0.2, 0.25) is 5.02 Å². The Labute approximate surface area is 118 Å². The van der Waals surface area contributed by atoms with Gasteiger partial charge in [-0.2, -0.15) is 5.26 Å². The standard InChI is InChI=1S/C16H15ClN2/c1-12-3-2-4-13(9-12)7-8-19-16-6-5-14(11-18)10-15(16)17/h2-6,9-10,19H,7-8H2,1H3. The highest BCUT2D eigenvalue weighted by atomic mass is 35.5. The first-order chi connectivity index (χ1) is 9.19. The van der Waals surface area contributed by atoms with Gasteiger partial charge in [0.15, 0.2) is 0 Å². The van der Waals surface area contributed by atoms with Crippen molar-refractivity contribution in [3.05, 3.63) is 64.2 Å². The SMILES string of the molecule is Cc1cccc(CCNc2ccc(C#N)cc2Cl)c1. The maximum atomic E-state index is 8.77. The quantitative estimate of drug-likeness (QED) is 0.905. The van der Waals surface area contributed by atoms with Crippen LogP contribution in [0, 0.1) is 18.3 Å². The first kappa shape index (κ1) is 13.5. The van der Waals surface area contributed by atoms with Gasteiger partial charge in [-0.3, -0.25) is 0 Å². The number of hydrogen-bond acceptors (Lipinski definition) is 2. The molecule has 96 valence electrons. The molecule has 0 atom stereocenters. The zero-order chi connectivity index (χ0) is 13.7. The zero-order valence-electron chi connectivity index (χ0n) is 10.8. The van der Waals surface area contributed by atoms with Crippen molar-refractivity contribution in [2.75, 3.05) is 11.9 Å². The lowest BCUT2D eigenvalue weighted by molar-refractivity contribution is 1.02. The summed E-state index contributed by atoms with van der Waals surface area (Å²) >= 11 is 6.10. The molecule has 0 radical (unpaired) electrons. The van der Waals surface area contributed by atoms with Gasteiger partial charge >= 0.3 is 0 Å². The number of nitriles is 1. The van der Waals surface area contributed by atoms with Crippen molar-refractivity contribution >= 4 is 17.3 Å². The average molecular weight is 271 g/mol. The number of nitrogens with one attached hydrogen (secondary N) is 1. The fourth-order valence-electron chi connectivity index (χ4n) is 1.94. The number of halogens is 1. The molecule has 0 aliphatic rings. The van der Waals surface area contributed by atoms with Crippen molar-refractivity contribution in [3.63, 3.8) is 0 Å². The molecule has 0 aliphatic heterocycles. The molecule has 0 fully saturated rings. The van der Waals surface area contributed by atoms with Gasteiger partial charge in [-0.1, -0.05) is 41.4 Å². The van der Waals surface area contributed by atoms with E-state index in [1.54, 1.807) is 12.1 Å². The van der Waals surface area contributed by atoms with Crippen molar-refractivity contribution in [1.29, 1.82) is 5.26 Å². The molecule has 0 bridgehead atoms. The van der Waals surface area contributed by atoms with Gasteiger partial charge in [0.2, 0.25) is 0 Å². The number of hydrogen-bond donors (Lipinski definition) is 1. The van der Waals surface area contributed by atoms with Crippen molar-refractivity contribution in [3.8, 4) is 6.07 Å². The van der Waals surface area contributed by atoms with E-state index in [2.05, 4.69) is 42.6 Å². The summed E-state index contributed by atoms with van der Waals surface area (Å²) in [5.41, 5.74) is 4.02. The van der Waals surface area contributed by atoms with Crippen molar-refractivity contribution < 1.29 is 0 Å². The summed E-state index contributed by atoms with van der Waals surface area (Å²) in [7, 11) is 0. The zero-order valence-corrected chi connectivity index (χ0v) is 11.5. The van der Waals surface area contributed by atoms with Gasteiger partial charge in [-0.25, -0.2) is 0 Å². The number of rotatable bonds is 4. The normalized spacial score (nSPS) is 9.95. The average Bonchev–Trinajstić information content (AvgIpc) is 2.40. The maximum Gasteiger partial charge on any atom is 0.0992 e. The van der Waals surface area contributed by atoms with Gasteiger partial charge in [-0.05, 0) is 37.1 Å². The molecule has 0 aromatic heterocycles. The monoisotopic (exact) mass is 270 g/mol. The summed E-state index contributed by atoms with van der Waals surface area (Å²) in [5.74, 6) is 0. The van der Waals surface area contributed by atoms with E-state index in [0.29, 0.717) is 10.6 Å². The Morgan fingerprint density at radius 3 is 2.74 bits per heavy atom. The molecule has 0 aliphatic carbocycles. The van der Waals surface area contributed by atoms with Crippen LogP contribution >= 0.6 is 11.6 Å².